The van der Waals surface area contributed by atoms with Crippen LogP contribution in [-0.2, 0) is 11.4 Å². The summed E-state index contributed by atoms with van der Waals surface area (Å²) in [6, 6.07) is 11.4. The SMILES string of the molecule is CC(=O)Oc1cncc(OCc2ccccc2)c1. The summed E-state index contributed by atoms with van der Waals surface area (Å²) in [6.45, 7) is 1.80. The Balaban J connectivity index is 1.99. The third kappa shape index (κ3) is 3.59. The van der Waals surface area contributed by atoms with Crippen LogP contribution >= 0.6 is 0 Å². The predicted octanol–water partition coefficient (Wildman–Crippen LogP) is 2.59. The van der Waals surface area contributed by atoms with Crippen LogP contribution in [0.5, 0.6) is 11.5 Å². The van der Waals surface area contributed by atoms with Gasteiger partial charge < -0.3 is 9.47 Å². The summed E-state index contributed by atoms with van der Waals surface area (Å²) >= 11 is 0. The predicted molar refractivity (Wildman–Crippen MR) is 66.3 cm³/mol. The molecule has 0 radical (unpaired) electrons. The lowest BCUT2D eigenvalue weighted by molar-refractivity contribution is -0.131. The van der Waals surface area contributed by atoms with Gasteiger partial charge >= 0.3 is 5.97 Å². The van der Waals surface area contributed by atoms with Gasteiger partial charge in [0, 0.05) is 13.0 Å². The summed E-state index contributed by atoms with van der Waals surface area (Å²) in [5.74, 6) is 0.572. The summed E-state index contributed by atoms with van der Waals surface area (Å²) in [4.78, 5) is 14.8. The molecule has 0 amide bonds. The molecule has 0 spiro atoms. The smallest absolute Gasteiger partial charge is 0.308 e. The van der Waals surface area contributed by atoms with Crippen molar-refractivity contribution in [2.45, 2.75) is 13.5 Å². The number of ether oxygens (including phenoxy) is 2. The third-order valence-corrected chi connectivity index (χ3v) is 2.20. The van der Waals surface area contributed by atoms with Gasteiger partial charge in [-0.25, -0.2) is 0 Å². The molecule has 4 nitrogen and oxygen atoms in total. The maximum Gasteiger partial charge on any atom is 0.308 e. The van der Waals surface area contributed by atoms with Gasteiger partial charge in [-0.05, 0) is 5.56 Å². The van der Waals surface area contributed by atoms with Crippen LogP contribution in [0.3, 0.4) is 0 Å². The maximum atomic E-state index is 10.8. The number of esters is 1. The van der Waals surface area contributed by atoms with Crippen molar-refractivity contribution in [2.24, 2.45) is 0 Å². The van der Waals surface area contributed by atoms with Crippen LogP contribution in [0.1, 0.15) is 12.5 Å². The van der Waals surface area contributed by atoms with Gasteiger partial charge in [0.15, 0.2) is 5.75 Å². The van der Waals surface area contributed by atoms with E-state index in [9.17, 15) is 4.79 Å². The van der Waals surface area contributed by atoms with E-state index in [0.29, 0.717) is 18.1 Å². The van der Waals surface area contributed by atoms with Gasteiger partial charge in [0.05, 0.1) is 12.4 Å². The van der Waals surface area contributed by atoms with E-state index >= 15 is 0 Å². The van der Waals surface area contributed by atoms with Crippen molar-refractivity contribution < 1.29 is 14.3 Å². The van der Waals surface area contributed by atoms with E-state index in [4.69, 9.17) is 9.47 Å². The second-order valence-electron chi connectivity index (χ2n) is 3.72. The first-order valence-electron chi connectivity index (χ1n) is 5.54. The van der Waals surface area contributed by atoms with Crippen LogP contribution in [0.2, 0.25) is 0 Å². The minimum absolute atomic E-state index is 0.378. The van der Waals surface area contributed by atoms with Crippen molar-refractivity contribution in [3.05, 3.63) is 54.4 Å². The van der Waals surface area contributed by atoms with Crippen molar-refractivity contribution in [1.82, 2.24) is 4.98 Å². The molecule has 2 aromatic rings. The summed E-state index contributed by atoms with van der Waals surface area (Å²) in [5.41, 5.74) is 1.07. The third-order valence-electron chi connectivity index (χ3n) is 2.20. The molecule has 0 saturated heterocycles. The average molecular weight is 243 g/mol. The highest BCUT2D eigenvalue weighted by molar-refractivity contribution is 5.69. The molecule has 1 heterocycles. The maximum absolute atomic E-state index is 10.8. The van der Waals surface area contributed by atoms with Gasteiger partial charge in [-0.3, -0.25) is 9.78 Å². The lowest BCUT2D eigenvalue weighted by Gasteiger charge is -2.07. The van der Waals surface area contributed by atoms with Crippen molar-refractivity contribution in [1.29, 1.82) is 0 Å². The van der Waals surface area contributed by atoms with Crippen LogP contribution in [0.4, 0.5) is 0 Å². The van der Waals surface area contributed by atoms with Gasteiger partial charge in [-0.15, -0.1) is 0 Å². The Morgan fingerprint density at radius 1 is 1.17 bits per heavy atom. The topological polar surface area (TPSA) is 48.4 Å². The molecule has 4 heteroatoms. The van der Waals surface area contributed by atoms with Gasteiger partial charge in [0.1, 0.15) is 12.4 Å². The fraction of sp³-hybridized carbons (Fsp3) is 0.143. The number of pyridine rings is 1. The van der Waals surface area contributed by atoms with Gasteiger partial charge in [0.25, 0.3) is 0 Å². The molecule has 92 valence electrons. The number of hydrogen-bond acceptors (Lipinski definition) is 4. The molecule has 0 saturated carbocycles. The zero-order chi connectivity index (χ0) is 12.8. The zero-order valence-corrected chi connectivity index (χ0v) is 10.00. The van der Waals surface area contributed by atoms with Crippen molar-refractivity contribution in [3.63, 3.8) is 0 Å². The Bertz CT molecular complexity index is 526. The number of rotatable bonds is 4. The first-order valence-corrected chi connectivity index (χ1v) is 5.54. The number of carbonyl (C=O) groups is 1. The Hall–Kier alpha value is -2.36. The standard InChI is InChI=1S/C14H13NO3/c1-11(16)18-14-7-13(8-15-9-14)17-10-12-5-3-2-4-6-12/h2-9H,10H2,1H3. The van der Waals surface area contributed by atoms with E-state index in [0.717, 1.165) is 5.56 Å². The summed E-state index contributed by atoms with van der Waals surface area (Å²) in [7, 11) is 0. The molecular weight excluding hydrogens is 230 g/mol. The van der Waals surface area contributed by atoms with E-state index in [1.165, 1.54) is 13.1 Å². The van der Waals surface area contributed by atoms with E-state index in [2.05, 4.69) is 4.98 Å². The normalized spacial score (nSPS) is 9.83. The van der Waals surface area contributed by atoms with Gasteiger partial charge in [-0.1, -0.05) is 30.3 Å². The monoisotopic (exact) mass is 243 g/mol. The minimum atomic E-state index is -0.378. The zero-order valence-electron chi connectivity index (χ0n) is 10.00. The molecule has 0 aliphatic rings. The number of hydrogen-bond donors (Lipinski definition) is 0. The van der Waals surface area contributed by atoms with Crippen LogP contribution in [0, 0.1) is 0 Å². The van der Waals surface area contributed by atoms with E-state index < -0.39 is 0 Å². The molecule has 18 heavy (non-hydrogen) atoms. The van der Waals surface area contributed by atoms with Crippen molar-refractivity contribution in [3.8, 4) is 11.5 Å². The molecule has 0 aliphatic carbocycles. The van der Waals surface area contributed by atoms with E-state index in [-0.39, 0.29) is 5.97 Å². The fourth-order valence-electron chi connectivity index (χ4n) is 1.44. The molecule has 1 aromatic carbocycles. The van der Waals surface area contributed by atoms with E-state index in [1.54, 1.807) is 12.3 Å². The van der Waals surface area contributed by atoms with Crippen LogP contribution in [0.15, 0.2) is 48.8 Å². The number of nitrogens with zero attached hydrogens (tertiary/aromatic N) is 1. The van der Waals surface area contributed by atoms with Crippen molar-refractivity contribution in [2.75, 3.05) is 0 Å². The summed E-state index contributed by atoms with van der Waals surface area (Å²) < 4.78 is 10.5. The molecule has 2 rings (SSSR count). The van der Waals surface area contributed by atoms with Crippen molar-refractivity contribution >= 4 is 5.97 Å². The molecule has 0 bridgehead atoms. The van der Waals surface area contributed by atoms with Crippen LogP contribution < -0.4 is 9.47 Å². The molecule has 0 fully saturated rings. The second kappa shape index (κ2) is 5.82. The van der Waals surface area contributed by atoms with E-state index in [1.807, 2.05) is 30.3 Å². The van der Waals surface area contributed by atoms with Crippen LogP contribution in [-0.4, -0.2) is 11.0 Å². The number of benzene rings is 1. The summed E-state index contributed by atoms with van der Waals surface area (Å²) in [6.07, 6.45) is 3.05. The highest BCUT2D eigenvalue weighted by Crippen LogP contribution is 2.18. The average Bonchev–Trinajstić information content (AvgIpc) is 2.37. The number of aromatic nitrogens is 1. The Morgan fingerprint density at radius 3 is 2.61 bits per heavy atom. The highest BCUT2D eigenvalue weighted by Gasteiger charge is 2.01. The van der Waals surface area contributed by atoms with Crippen LogP contribution in [0.25, 0.3) is 0 Å². The molecule has 0 unspecified atom stereocenters. The van der Waals surface area contributed by atoms with Gasteiger partial charge in [0.2, 0.25) is 0 Å². The first-order chi connectivity index (χ1) is 8.74. The molecular formula is C14H13NO3. The Labute approximate surface area is 105 Å². The Morgan fingerprint density at radius 2 is 1.89 bits per heavy atom. The second-order valence-corrected chi connectivity index (χ2v) is 3.72. The van der Waals surface area contributed by atoms with Gasteiger partial charge in [-0.2, -0.15) is 0 Å². The summed E-state index contributed by atoms with van der Waals surface area (Å²) in [5, 5.41) is 0. The highest BCUT2D eigenvalue weighted by atomic mass is 16.5. The quantitative estimate of drug-likeness (QED) is 0.774. The molecule has 0 atom stereocenters. The molecule has 0 N–H and O–H groups in total. The first kappa shape index (κ1) is 12.1. The molecule has 0 aliphatic heterocycles. The largest absolute Gasteiger partial charge is 0.487 e. The Kier molecular flexibility index (Phi) is 3.91. The molecule has 1 aromatic heterocycles. The number of carbonyl (C=O) groups excluding carboxylic acids is 1. The lowest BCUT2D eigenvalue weighted by Crippen LogP contribution is -2.02. The lowest BCUT2D eigenvalue weighted by atomic mass is 10.2. The minimum Gasteiger partial charge on any atom is -0.487 e. The fourth-order valence-corrected chi connectivity index (χ4v) is 1.44.